The minimum atomic E-state index is -4.81. The predicted octanol–water partition coefficient (Wildman–Crippen LogP) is -1.62. The van der Waals surface area contributed by atoms with Crippen molar-refractivity contribution in [2.45, 2.75) is 11.5 Å². The van der Waals surface area contributed by atoms with Gasteiger partial charge in [-0.05, 0) is 0 Å². The Kier molecular flexibility index (Phi) is 2.22. The fourth-order valence-corrected chi connectivity index (χ4v) is 1.46. The van der Waals surface area contributed by atoms with Gasteiger partial charge in [0.15, 0.2) is 5.37 Å². The van der Waals surface area contributed by atoms with Crippen LogP contribution in [0, 0.1) is 0 Å². The number of urea groups is 1. The molecular weight excluding hydrogens is 207 g/mol. The third-order valence-electron chi connectivity index (χ3n) is 1.35. The molecule has 1 heterocycles. The standard InChI is InChI=1S/C4H5FN2O5S/c5-1-2(8)6-4(9)7-3(1)13(10,11)12/h1,3H,(H,10,11,12)(H2,6,7,8,9). The summed E-state index contributed by atoms with van der Waals surface area (Å²) in [6, 6.07) is -1.17. The molecule has 7 nitrogen and oxygen atoms in total. The van der Waals surface area contributed by atoms with Gasteiger partial charge in [0, 0.05) is 0 Å². The van der Waals surface area contributed by atoms with E-state index in [1.54, 1.807) is 5.32 Å². The Labute approximate surface area is 72.0 Å². The molecule has 0 saturated carbocycles. The molecule has 0 aromatic rings. The Bertz CT molecular complexity index is 352. The number of nitrogens with one attached hydrogen (secondary N) is 2. The van der Waals surface area contributed by atoms with Crippen LogP contribution in [0.4, 0.5) is 9.18 Å². The molecule has 13 heavy (non-hydrogen) atoms. The smallest absolute Gasteiger partial charge is 0.316 e. The third kappa shape index (κ3) is 1.92. The van der Waals surface area contributed by atoms with Crippen molar-refractivity contribution in [2.75, 3.05) is 0 Å². The summed E-state index contributed by atoms with van der Waals surface area (Å²) in [5.41, 5.74) is 0. The maximum absolute atomic E-state index is 12.7. The zero-order valence-electron chi connectivity index (χ0n) is 6.02. The fourth-order valence-electron chi connectivity index (χ4n) is 0.782. The van der Waals surface area contributed by atoms with Crippen molar-refractivity contribution >= 4 is 22.1 Å². The van der Waals surface area contributed by atoms with Crippen LogP contribution in [0.1, 0.15) is 0 Å². The van der Waals surface area contributed by atoms with Gasteiger partial charge in [-0.2, -0.15) is 8.42 Å². The summed E-state index contributed by atoms with van der Waals surface area (Å²) in [6.07, 6.45) is -2.51. The van der Waals surface area contributed by atoms with Gasteiger partial charge in [-0.25, -0.2) is 9.18 Å². The average molecular weight is 212 g/mol. The number of halogens is 1. The molecule has 0 aliphatic carbocycles. The first-order chi connectivity index (χ1) is 5.82. The molecular formula is C4H5FN2O5S. The summed E-state index contributed by atoms with van der Waals surface area (Å²) in [7, 11) is -4.81. The van der Waals surface area contributed by atoms with E-state index in [0.29, 0.717) is 0 Å². The van der Waals surface area contributed by atoms with Crippen molar-refractivity contribution in [1.29, 1.82) is 0 Å². The van der Waals surface area contributed by atoms with Crippen molar-refractivity contribution in [3.63, 3.8) is 0 Å². The van der Waals surface area contributed by atoms with E-state index in [1.165, 1.54) is 5.32 Å². The molecule has 9 heteroatoms. The van der Waals surface area contributed by atoms with Crippen LogP contribution in [0.5, 0.6) is 0 Å². The lowest BCUT2D eigenvalue weighted by atomic mass is 10.3. The summed E-state index contributed by atoms with van der Waals surface area (Å²) in [6.45, 7) is 0. The second-order valence-electron chi connectivity index (χ2n) is 2.30. The Balaban J connectivity index is 2.97. The summed E-state index contributed by atoms with van der Waals surface area (Å²) in [5.74, 6) is -1.40. The highest BCUT2D eigenvalue weighted by atomic mass is 32.2. The second-order valence-corrected chi connectivity index (χ2v) is 3.84. The summed E-state index contributed by atoms with van der Waals surface area (Å²) >= 11 is 0. The van der Waals surface area contributed by atoms with E-state index in [4.69, 9.17) is 4.55 Å². The van der Waals surface area contributed by atoms with Crippen LogP contribution in [-0.4, -0.2) is 36.5 Å². The molecule has 1 rings (SSSR count). The van der Waals surface area contributed by atoms with Gasteiger partial charge in [0.2, 0.25) is 6.17 Å². The van der Waals surface area contributed by atoms with E-state index >= 15 is 0 Å². The molecule has 3 amide bonds. The maximum Gasteiger partial charge on any atom is 0.322 e. The molecule has 0 spiro atoms. The lowest BCUT2D eigenvalue weighted by Crippen LogP contribution is -2.62. The van der Waals surface area contributed by atoms with Crippen molar-refractivity contribution < 1.29 is 27.0 Å². The van der Waals surface area contributed by atoms with E-state index in [1.807, 2.05) is 0 Å². The van der Waals surface area contributed by atoms with Gasteiger partial charge < -0.3 is 5.32 Å². The van der Waals surface area contributed by atoms with Crippen LogP contribution >= 0.6 is 0 Å². The molecule has 0 radical (unpaired) electrons. The number of hydrogen-bond donors (Lipinski definition) is 3. The second kappa shape index (κ2) is 2.92. The monoisotopic (exact) mass is 212 g/mol. The highest BCUT2D eigenvalue weighted by Crippen LogP contribution is 2.09. The number of rotatable bonds is 1. The molecule has 2 unspecified atom stereocenters. The summed E-state index contributed by atoms with van der Waals surface area (Å²) in [4.78, 5) is 21.0. The van der Waals surface area contributed by atoms with Crippen molar-refractivity contribution in [2.24, 2.45) is 0 Å². The van der Waals surface area contributed by atoms with Gasteiger partial charge in [0.25, 0.3) is 16.0 Å². The quantitative estimate of drug-likeness (QED) is 0.452. The zero-order chi connectivity index (χ0) is 10.2. The zero-order valence-corrected chi connectivity index (χ0v) is 6.84. The lowest BCUT2D eigenvalue weighted by Gasteiger charge is -2.23. The van der Waals surface area contributed by atoms with Gasteiger partial charge >= 0.3 is 6.03 Å². The molecule has 1 aliphatic rings. The molecule has 1 aliphatic heterocycles. The highest BCUT2D eigenvalue weighted by molar-refractivity contribution is 7.86. The van der Waals surface area contributed by atoms with E-state index in [9.17, 15) is 22.4 Å². The van der Waals surface area contributed by atoms with Crippen LogP contribution in [-0.2, 0) is 14.9 Å². The molecule has 3 N–H and O–H groups in total. The van der Waals surface area contributed by atoms with Gasteiger partial charge in [0.05, 0.1) is 0 Å². The van der Waals surface area contributed by atoms with E-state index in [2.05, 4.69) is 0 Å². The first-order valence-electron chi connectivity index (χ1n) is 3.04. The first-order valence-corrected chi connectivity index (χ1v) is 4.54. The average Bonchev–Trinajstić information content (AvgIpc) is 1.94. The Morgan fingerprint density at radius 1 is 1.38 bits per heavy atom. The topological polar surface area (TPSA) is 113 Å². The molecule has 1 saturated heterocycles. The largest absolute Gasteiger partial charge is 0.322 e. The molecule has 0 bridgehead atoms. The fraction of sp³-hybridized carbons (Fsp3) is 0.500. The molecule has 0 aromatic carbocycles. The lowest BCUT2D eigenvalue weighted by molar-refractivity contribution is -0.126. The van der Waals surface area contributed by atoms with Crippen LogP contribution in [0.25, 0.3) is 0 Å². The van der Waals surface area contributed by atoms with Crippen LogP contribution in [0.15, 0.2) is 0 Å². The Hall–Kier alpha value is -1.22. The first kappa shape index (κ1) is 9.86. The van der Waals surface area contributed by atoms with Crippen LogP contribution in [0.2, 0.25) is 0 Å². The van der Waals surface area contributed by atoms with Crippen molar-refractivity contribution in [3.05, 3.63) is 0 Å². The van der Waals surface area contributed by atoms with Gasteiger partial charge in [0.1, 0.15) is 0 Å². The number of alkyl halides is 1. The minimum absolute atomic E-state index is 1.17. The van der Waals surface area contributed by atoms with Gasteiger partial charge in [-0.15, -0.1) is 0 Å². The molecule has 74 valence electrons. The Morgan fingerprint density at radius 3 is 2.38 bits per heavy atom. The van der Waals surface area contributed by atoms with Crippen LogP contribution in [0.3, 0.4) is 0 Å². The van der Waals surface area contributed by atoms with E-state index in [0.717, 1.165) is 0 Å². The molecule has 0 aromatic heterocycles. The van der Waals surface area contributed by atoms with E-state index < -0.39 is 33.6 Å². The van der Waals surface area contributed by atoms with E-state index in [-0.39, 0.29) is 0 Å². The number of carbonyl (C=O) groups excluding carboxylic acids is 2. The summed E-state index contributed by atoms with van der Waals surface area (Å²) < 4.78 is 41.9. The maximum atomic E-state index is 12.7. The van der Waals surface area contributed by atoms with Gasteiger partial charge in [-0.1, -0.05) is 0 Å². The Morgan fingerprint density at radius 2 is 1.92 bits per heavy atom. The predicted molar refractivity (Wildman–Crippen MR) is 36.9 cm³/mol. The normalized spacial score (nSPS) is 29.4. The number of carbonyl (C=O) groups is 2. The minimum Gasteiger partial charge on any atom is -0.316 e. The number of amides is 3. The third-order valence-corrected chi connectivity index (χ3v) is 2.35. The van der Waals surface area contributed by atoms with Crippen molar-refractivity contribution in [1.82, 2.24) is 10.6 Å². The van der Waals surface area contributed by atoms with Gasteiger partial charge in [-0.3, -0.25) is 14.7 Å². The highest BCUT2D eigenvalue weighted by Gasteiger charge is 2.43. The number of imide groups is 1. The van der Waals surface area contributed by atoms with Crippen molar-refractivity contribution in [3.8, 4) is 0 Å². The summed E-state index contributed by atoms with van der Waals surface area (Å²) in [5, 5.41) is 0.816. The van der Waals surface area contributed by atoms with Crippen LogP contribution < -0.4 is 10.6 Å². The molecule has 1 fully saturated rings. The molecule has 2 atom stereocenters. The number of hydrogen-bond acceptors (Lipinski definition) is 4. The SMILES string of the molecule is O=C1NC(=O)C(F)C(S(=O)(=O)O)N1.